The molecule has 2 aromatic rings. The van der Waals surface area contributed by atoms with E-state index < -0.39 is 0 Å². The molecule has 0 aliphatic carbocycles. The third kappa shape index (κ3) is 2.55. The number of nitrogens with zero attached hydrogens (tertiary/aromatic N) is 1. The zero-order valence-electron chi connectivity index (χ0n) is 11.4. The molecule has 1 N–H and O–H groups in total. The Labute approximate surface area is 116 Å². The van der Waals surface area contributed by atoms with Gasteiger partial charge in [0.1, 0.15) is 23.8 Å². The summed E-state index contributed by atoms with van der Waals surface area (Å²) in [6.07, 6.45) is 0. The molecule has 0 atom stereocenters. The van der Waals surface area contributed by atoms with Gasteiger partial charge in [0.05, 0.1) is 0 Å². The van der Waals surface area contributed by atoms with Crippen molar-refractivity contribution in [1.82, 2.24) is 10.5 Å². The van der Waals surface area contributed by atoms with Gasteiger partial charge in [0.15, 0.2) is 11.5 Å². The first-order valence-electron chi connectivity index (χ1n) is 6.38. The van der Waals surface area contributed by atoms with Crippen LogP contribution in [0.4, 0.5) is 0 Å². The van der Waals surface area contributed by atoms with E-state index in [0.29, 0.717) is 18.9 Å². The summed E-state index contributed by atoms with van der Waals surface area (Å²) >= 11 is 0. The Hall–Kier alpha value is -2.21. The minimum atomic E-state index is 0.250. The Morgan fingerprint density at radius 3 is 2.75 bits per heavy atom. The van der Waals surface area contributed by atoms with Gasteiger partial charge < -0.3 is 24.1 Å². The Kier molecular flexibility index (Phi) is 3.47. The van der Waals surface area contributed by atoms with Crippen LogP contribution in [0, 0.1) is 6.92 Å². The topological polar surface area (TPSA) is 65.8 Å². The van der Waals surface area contributed by atoms with Crippen molar-refractivity contribution in [3.63, 3.8) is 0 Å². The number of hydrogen-bond donors (Lipinski definition) is 1. The van der Waals surface area contributed by atoms with Gasteiger partial charge in [0.25, 0.3) is 0 Å². The maximum Gasteiger partial charge on any atom is 0.231 e. The lowest BCUT2D eigenvalue weighted by molar-refractivity contribution is 0.173. The highest BCUT2D eigenvalue weighted by molar-refractivity contribution is 5.51. The number of ether oxygens (including phenoxy) is 3. The summed E-state index contributed by atoms with van der Waals surface area (Å²) < 4.78 is 21.6. The summed E-state index contributed by atoms with van der Waals surface area (Å²) in [5.74, 6) is 2.98. The van der Waals surface area contributed by atoms with Gasteiger partial charge >= 0.3 is 0 Å². The summed E-state index contributed by atoms with van der Waals surface area (Å²) in [6.45, 7) is 3.14. The zero-order valence-corrected chi connectivity index (χ0v) is 11.4. The Morgan fingerprint density at radius 2 is 2.05 bits per heavy atom. The molecule has 0 saturated heterocycles. The maximum atomic E-state index is 5.82. The van der Waals surface area contributed by atoms with E-state index in [0.717, 1.165) is 28.5 Å². The van der Waals surface area contributed by atoms with Crippen molar-refractivity contribution in [3.8, 4) is 17.2 Å². The Balaban J connectivity index is 1.80. The van der Waals surface area contributed by atoms with Crippen molar-refractivity contribution < 1.29 is 18.7 Å². The van der Waals surface area contributed by atoms with Gasteiger partial charge in [-0.3, -0.25) is 0 Å². The van der Waals surface area contributed by atoms with Crippen molar-refractivity contribution in [2.45, 2.75) is 20.1 Å². The molecule has 0 radical (unpaired) electrons. The van der Waals surface area contributed by atoms with Gasteiger partial charge in [-0.15, -0.1) is 0 Å². The van der Waals surface area contributed by atoms with Crippen molar-refractivity contribution in [1.29, 1.82) is 0 Å². The summed E-state index contributed by atoms with van der Waals surface area (Å²) in [4.78, 5) is 0. The molecule has 0 saturated carbocycles. The molecule has 0 amide bonds. The van der Waals surface area contributed by atoms with Crippen LogP contribution in [0.5, 0.6) is 17.2 Å². The molecule has 6 heteroatoms. The van der Waals surface area contributed by atoms with Gasteiger partial charge in [-0.05, 0) is 20.0 Å². The number of hydrogen-bond acceptors (Lipinski definition) is 6. The lowest BCUT2D eigenvalue weighted by atomic mass is 10.1. The molecule has 1 aliphatic heterocycles. The van der Waals surface area contributed by atoms with E-state index in [-0.39, 0.29) is 6.79 Å². The van der Waals surface area contributed by atoms with Gasteiger partial charge in [0.2, 0.25) is 6.79 Å². The van der Waals surface area contributed by atoms with Crippen LogP contribution < -0.4 is 19.5 Å². The first-order valence-corrected chi connectivity index (χ1v) is 6.38. The summed E-state index contributed by atoms with van der Waals surface area (Å²) in [6, 6.07) is 5.63. The standard InChI is InChI=1S/C14H16N2O4/c1-9-3-11(16-20-9)7-17-12-5-14-13(18-8-19-14)4-10(12)6-15-2/h3-5,15H,6-8H2,1-2H3. The van der Waals surface area contributed by atoms with Gasteiger partial charge in [-0.2, -0.15) is 0 Å². The first kappa shape index (κ1) is 12.8. The predicted octanol–water partition coefficient (Wildman–Crippen LogP) is 2.01. The molecule has 0 spiro atoms. The second-order valence-corrected chi connectivity index (χ2v) is 4.56. The highest BCUT2D eigenvalue weighted by Crippen LogP contribution is 2.38. The van der Waals surface area contributed by atoms with E-state index >= 15 is 0 Å². The zero-order chi connectivity index (χ0) is 13.9. The average Bonchev–Trinajstić information content (AvgIpc) is 3.04. The fraction of sp³-hybridized carbons (Fsp3) is 0.357. The smallest absolute Gasteiger partial charge is 0.231 e. The molecule has 3 rings (SSSR count). The van der Waals surface area contributed by atoms with E-state index in [9.17, 15) is 0 Å². The Bertz CT molecular complexity index is 609. The van der Waals surface area contributed by atoms with Crippen molar-refractivity contribution >= 4 is 0 Å². The maximum absolute atomic E-state index is 5.82. The highest BCUT2D eigenvalue weighted by atomic mass is 16.7. The molecule has 0 fully saturated rings. The third-order valence-corrected chi connectivity index (χ3v) is 2.98. The molecule has 1 aliphatic rings. The minimum Gasteiger partial charge on any atom is -0.487 e. The molecule has 1 aromatic carbocycles. The SMILES string of the molecule is CNCc1cc2c(cc1OCc1cc(C)on1)OCO2. The largest absolute Gasteiger partial charge is 0.487 e. The minimum absolute atomic E-state index is 0.250. The van der Waals surface area contributed by atoms with Gasteiger partial charge in [-0.1, -0.05) is 5.16 Å². The third-order valence-electron chi connectivity index (χ3n) is 2.98. The normalized spacial score (nSPS) is 12.7. The predicted molar refractivity (Wildman–Crippen MR) is 70.9 cm³/mol. The molecular weight excluding hydrogens is 260 g/mol. The van der Waals surface area contributed by atoms with E-state index in [1.165, 1.54) is 0 Å². The summed E-state index contributed by atoms with van der Waals surface area (Å²) in [5.41, 5.74) is 1.77. The van der Waals surface area contributed by atoms with Crippen molar-refractivity contribution in [2.75, 3.05) is 13.8 Å². The number of rotatable bonds is 5. The second-order valence-electron chi connectivity index (χ2n) is 4.56. The molecule has 106 valence electrons. The second kappa shape index (κ2) is 5.42. The number of nitrogens with one attached hydrogen (secondary N) is 1. The Morgan fingerprint density at radius 1 is 1.25 bits per heavy atom. The van der Waals surface area contributed by atoms with E-state index in [4.69, 9.17) is 18.7 Å². The quantitative estimate of drug-likeness (QED) is 0.901. The molecule has 0 bridgehead atoms. The number of aryl methyl sites for hydroxylation is 1. The van der Waals surface area contributed by atoms with Crippen LogP contribution in [0.15, 0.2) is 22.7 Å². The van der Waals surface area contributed by atoms with E-state index in [1.807, 2.05) is 32.2 Å². The molecule has 0 unspecified atom stereocenters. The molecule has 20 heavy (non-hydrogen) atoms. The van der Waals surface area contributed by atoms with Gasteiger partial charge in [0, 0.05) is 24.2 Å². The van der Waals surface area contributed by atoms with Crippen LogP contribution in [0.25, 0.3) is 0 Å². The van der Waals surface area contributed by atoms with Crippen molar-refractivity contribution in [3.05, 3.63) is 35.2 Å². The van der Waals surface area contributed by atoms with Crippen LogP contribution in [-0.4, -0.2) is 19.0 Å². The summed E-state index contributed by atoms with van der Waals surface area (Å²) in [7, 11) is 1.88. The monoisotopic (exact) mass is 276 g/mol. The van der Waals surface area contributed by atoms with Crippen molar-refractivity contribution in [2.24, 2.45) is 0 Å². The lowest BCUT2D eigenvalue weighted by Crippen LogP contribution is -2.07. The fourth-order valence-corrected chi connectivity index (χ4v) is 2.07. The van der Waals surface area contributed by atoms with Crippen LogP contribution in [0.1, 0.15) is 17.0 Å². The summed E-state index contributed by atoms with van der Waals surface area (Å²) in [5, 5.41) is 7.01. The average molecular weight is 276 g/mol. The number of aromatic nitrogens is 1. The highest BCUT2D eigenvalue weighted by Gasteiger charge is 2.18. The molecule has 2 heterocycles. The van der Waals surface area contributed by atoms with Gasteiger partial charge in [-0.25, -0.2) is 0 Å². The number of fused-ring (bicyclic) bond motifs is 1. The van der Waals surface area contributed by atoms with Crippen LogP contribution in [0.2, 0.25) is 0 Å². The van der Waals surface area contributed by atoms with Crippen LogP contribution >= 0.6 is 0 Å². The van der Waals surface area contributed by atoms with E-state index in [2.05, 4.69) is 10.5 Å². The van der Waals surface area contributed by atoms with Crippen LogP contribution in [0.3, 0.4) is 0 Å². The van der Waals surface area contributed by atoms with Crippen LogP contribution in [-0.2, 0) is 13.2 Å². The molecular formula is C14H16N2O4. The molecule has 6 nitrogen and oxygen atoms in total. The fourth-order valence-electron chi connectivity index (χ4n) is 2.07. The number of benzene rings is 1. The van der Waals surface area contributed by atoms with E-state index in [1.54, 1.807) is 0 Å². The lowest BCUT2D eigenvalue weighted by Gasteiger charge is -2.11. The molecule has 1 aromatic heterocycles. The first-order chi connectivity index (χ1) is 9.76.